The van der Waals surface area contributed by atoms with Crippen LogP contribution in [0.5, 0.6) is 0 Å². The van der Waals surface area contributed by atoms with Gasteiger partial charge >= 0.3 is 5.82 Å². The van der Waals surface area contributed by atoms with Crippen LogP contribution in [0.15, 0.2) is 6.33 Å². The van der Waals surface area contributed by atoms with Crippen LogP contribution in [-0.4, -0.2) is 33.6 Å². The SMILES string of the molecule is CC1CN(c2c([N+](=O)[O-])ncn2C)CC1N. The highest BCUT2D eigenvalue weighted by molar-refractivity contribution is 5.55. The van der Waals surface area contributed by atoms with Crippen molar-refractivity contribution in [2.75, 3.05) is 18.0 Å². The fraction of sp³-hybridized carbons (Fsp3) is 0.667. The average molecular weight is 225 g/mol. The Labute approximate surface area is 93.0 Å². The highest BCUT2D eigenvalue weighted by Gasteiger charge is 2.33. The van der Waals surface area contributed by atoms with Crippen molar-refractivity contribution in [3.8, 4) is 0 Å². The molecule has 7 nitrogen and oxygen atoms in total. The van der Waals surface area contributed by atoms with E-state index in [0.717, 1.165) is 6.54 Å². The van der Waals surface area contributed by atoms with Crippen molar-refractivity contribution in [2.24, 2.45) is 18.7 Å². The number of anilines is 1. The van der Waals surface area contributed by atoms with Crippen molar-refractivity contribution in [3.63, 3.8) is 0 Å². The fourth-order valence-electron chi connectivity index (χ4n) is 2.07. The molecule has 0 amide bonds. The van der Waals surface area contributed by atoms with E-state index in [4.69, 9.17) is 5.73 Å². The van der Waals surface area contributed by atoms with Gasteiger partial charge in [0.2, 0.25) is 12.1 Å². The molecule has 0 aliphatic carbocycles. The van der Waals surface area contributed by atoms with Gasteiger partial charge in [-0.2, -0.15) is 0 Å². The molecule has 2 atom stereocenters. The molecule has 16 heavy (non-hydrogen) atoms. The number of aryl methyl sites for hydroxylation is 1. The van der Waals surface area contributed by atoms with Crippen LogP contribution in [-0.2, 0) is 7.05 Å². The first-order valence-corrected chi connectivity index (χ1v) is 5.17. The van der Waals surface area contributed by atoms with Gasteiger partial charge in [-0.05, 0) is 15.8 Å². The minimum atomic E-state index is -0.455. The van der Waals surface area contributed by atoms with E-state index in [9.17, 15) is 10.1 Å². The first-order chi connectivity index (χ1) is 7.50. The van der Waals surface area contributed by atoms with E-state index in [1.54, 1.807) is 11.6 Å². The van der Waals surface area contributed by atoms with Crippen molar-refractivity contribution in [1.82, 2.24) is 9.55 Å². The van der Waals surface area contributed by atoms with Crippen LogP contribution in [0.25, 0.3) is 0 Å². The summed E-state index contributed by atoms with van der Waals surface area (Å²) in [6.07, 6.45) is 1.46. The monoisotopic (exact) mass is 225 g/mol. The molecule has 0 radical (unpaired) electrons. The summed E-state index contributed by atoms with van der Waals surface area (Å²) < 4.78 is 1.67. The summed E-state index contributed by atoms with van der Waals surface area (Å²) >= 11 is 0. The highest BCUT2D eigenvalue weighted by atomic mass is 16.6. The van der Waals surface area contributed by atoms with E-state index >= 15 is 0 Å². The van der Waals surface area contributed by atoms with Gasteiger partial charge in [0, 0.05) is 26.2 Å². The topological polar surface area (TPSA) is 90.2 Å². The molecule has 1 aliphatic heterocycles. The van der Waals surface area contributed by atoms with Crippen molar-refractivity contribution < 1.29 is 4.92 Å². The van der Waals surface area contributed by atoms with Gasteiger partial charge in [-0.3, -0.25) is 4.57 Å². The highest BCUT2D eigenvalue weighted by Crippen LogP contribution is 2.29. The smallest absolute Gasteiger partial charge is 0.358 e. The largest absolute Gasteiger partial charge is 0.406 e. The average Bonchev–Trinajstić information content (AvgIpc) is 2.71. The van der Waals surface area contributed by atoms with Gasteiger partial charge in [-0.15, -0.1) is 0 Å². The van der Waals surface area contributed by atoms with Gasteiger partial charge in [-0.1, -0.05) is 6.92 Å². The van der Waals surface area contributed by atoms with E-state index in [1.165, 1.54) is 6.33 Å². The van der Waals surface area contributed by atoms with Crippen LogP contribution in [0.3, 0.4) is 0 Å². The zero-order valence-corrected chi connectivity index (χ0v) is 9.33. The van der Waals surface area contributed by atoms with Crippen LogP contribution in [0.2, 0.25) is 0 Å². The van der Waals surface area contributed by atoms with Gasteiger partial charge in [0.15, 0.2) is 0 Å². The summed E-state index contributed by atoms with van der Waals surface area (Å²) in [5.41, 5.74) is 5.91. The molecule has 1 aromatic rings. The Hall–Kier alpha value is -1.63. The van der Waals surface area contributed by atoms with Crippen molar-refractivity contribution in [3.05, 3.63) is 16.4 Å². The fourth-order valence-corrected chi connectivity index (χ4v) is 2.07. The molecule has 2 heterocycles. The maximum atomic E-state index is 10.8. The molecule has 0 saturated carbocycles. The molecule has 7 heteroatoms. The normalized spacial score (nSPS) is 25.1. The second-order valence-corrected chi connectivity index (χ2v) is 4.31. The van der Waals surface area contributed by atoms with Crippen molar-refractivity contribution in [1.29, 1.82) is 0 Å². The Kier molecular flexibility index (Phi) is 2.55. The standard InChI is InChI=1S/C9H15N5O2/c1-6-3-13(4-7(6)10)9-8(14(15)16)11-5-12(9)2/h5-7H,3-4,10H2,1-2H3. The molecular formula is C9H15N5O2. The molecule has 1 saturated heterocycles. The number of aromatic nitrogens is 2. The van der Waals surface area contributed by atoms with Gasteiger partial charge in [0.25, 0.3) is 0 Å². The molecule has 1 fully saturated rings. The van der Waals surface area contributed by atoms with Crippen molar-refractivity contribution >= 4 is 11.6 Å². The van der Waals surface area contributed by atoms with E-state index in [0.29, 0.717) is 18.3 Å². The van der Waals surface area contributed by atoms with Gasteiger partial charge in [0.1, 0.15) is 0 Å². The van der Waals surface area contributed by atoms with Gasteiger partial charge < -0.3 is 20.7 Å². The summed E-state index contributed by atoms with van der Waals surface area (Å²) in [5.74, 6) is 0.795. The summed E-state index contributed by atoms with van der Waals surface area (Å²) in [6, 6.07) is 0.0644. The van der Waals surface area contributed by atoms with E-state index in [2.05, 4.69) is 4.98 Å². The lowest BCUT2D eigenvalue weighted by Gasteiger charge is -2.16. The molecule has 2 rings (SSSR count). The molecule has 2 unspecified atom stereocenters. The molecule has 2 N–H and O–H groups in total. The van der Waals surface area contributed by atoms with E-state index < -0.39 is 4.92 Å². The molecule has 0 spiro atoms. The van der Waals surface area contributed by atoms with Crippen LogP contribution >= 0.6 is 0 Å². The molecule has 88 valence electrons. The number of imidazole rings is 1. The first kappa shape index (κ1) is 10.9. The minimum Gasteiger partial charge on any atom is -0.358 e. The van der Waals surface area contributed by atoms with E-state index in [-0.39, 0.29) is 11.9 Å². The Morgan fingerprint density at radius 1 is 1.62 bits per heavy atom. The molecule has 1 aromatic heterocycles. The maximum Gasteiger partial charge on any atom is 0.406 e. The zero-order chi connectivity index (χ0) is 11.9. The molecule has 0 bridgehead atoms. The molecule has 1 aliphatic rings. The Morgan fingerprint density at radius 3 is 2.81 bits per heavy atom. The molecular weight excluding hydrogens is 210 g/mol. The number of nitro groups is 1. The van der Waals surface area contributed by atoms with E-state index in [1.807, 2.05) is 11.8 Å². The third-order valence-electron chi connectivity index (χ3n) is 3.03. The second kappa shape index (κ2) is 3.75. The Bertz CT molecular complexity index is 406. The Morgan fingerprint density at radius 2 is 2.31 bits per heavy atom. The maximum absolute atomic E-state index is 10.8. The number of hydrogen-bond donors (Lipinski definition) is 1. The van der Waals surface area contributed by atoms with Gasteiger partial charge in [-0.25, -0.2) is 0 Å². The zero-order valence-electron chi connectivity index (χ0n) is 9.33. The summed E-state index contributed by atoms with van der Waals surface area (Å²) in [5, 5.41) is 10.8. The van der Waals surface area contributed by atoms with Crippen LogP contribution in [0.4, 0.5) is 11.6 Å². The summed E-state index contributed by atoms with van der Waals surface area (Å²) in [6.45, 7) is 3.43. The lowest BCUT2D eigenvalue weighted by molar-refractivity contribution is -0.388. The number of nitrogens with two attached hydrogens (primary N) is 1. The summed E-state index contributed by atoms with van der Waals surface area (Å²) in [7, 11) is 1.75. The molecule has 0 aromatic carbocycles. The number of hydrogen-bond acceptors (Lipinski definition) is 5. The predicted molar refractivity (Wildman–Crippen MR) is 59.2 cm³/mol. The van der Waals surface area contributed by atoms with Crippen LogP contribution in [0, 0.1) is 16.0 Å². The van der Waals surface area contributed by atoms with Crippen molar-refractivity contribution in [2.45, 2.75) is 13.0 Å². The third kappa shape index (κ3) is 1.63. The lowest BCUT2D eigenvalue weighted by atomic mass is 10.1. The predicted octanol–water partition coefficient (Wildman–Crippen LogP) is 0.112. The van der Waals surface area contributed by atoms with Crippen LogP contribution < -0.4 is 10.6 Å². The first-order valence-electron chi connectivity index (χ1n) is 5.17. The Balaban J connectivity index is 2.33. The number of nitrogens with zero attached hydrogens (tertiary/aromatic N) is 4. The quantitative estimate of drug-likeness (QED) is 0.570. The van der Waals surface area contributed by atoms with Gasteiger partial charge in [0.05, 0.1) is 0 Å². The third-order valence-corrected chi connectivity index (χ3v) is 3.03. The number of rotatable bonds is 2. The second-order valence-electron chi connectivity index (χ2n) is 4.31. The lowest BCUT2D eigenvalue weighted by Crippen LogP contribution is -2.29. The summed E-state index contributed by atoms with van der Waals surface area (Å²) in [4.78, 5) is 16.1. The van der Waals surface area contributed by atoms with Crippen LogP contribution in [0.1, 0.15) is 6.92 Å². The minimum absolute atomic E-state index is 0.0644.